The fraction of sp³-hybridized carbons (Fsp3) is 0.500. The molecule has 0 atom stereocenters. The molecule has 18 heavy (non-hydrogen) atoms. The molecule has 1 aromatic carbocycles. The first-order valence-corrected chi connectivity index (χ1v) is 7.25. The second kappa shape index (κ2) is 6.84. The summed E-state index contributed by atoms with van der Waals surface area (Å²) < 4.78 is 31.4. The Bertz CT molecular complexity index is 453. The maximum atomic E-state index is 11.8. The van der Waals surface area contributed by atoms with Gasteiger partial charge in [-0.05, 0) is 31.5 Å². The molecule has 6 heteroatoms. The standard InChI is InChI=1S/C12H19NO4S/c1-10(2)17-8-7-13-18(15,16)12-5-3-11(9-14)4-6-12/h3-6,10,13-14H,7-9H2,1-2H3. The number of aliphatic hydroxyl groups is 1. The molecule has 5 nitrogen and oxygen atoms in total. The molecular formula is C12H19NO4S. The van der Waals surface area contributed by atoms with Crippen molar-refractivity contribution in [1.29, 1.82) is 0 Å². The topological polar surface area (TPSA) is 75.6 Å². The summed E-state index contributed by atoms with van der Waals surface area (Å²) >= 11 is 0. The zero-order chi connectivity index (χ0) is 13.6. The molecule has 2 N–H and O–H groups in total. The summed E-state index contributed by atoms with van der Waals surface area (Å²) in [5.41, 5.74) is 0.678. The zero-order valence-electron chi connectivity index (χ0n) is 10.6. The molecule has 1 rings (SSSR count). The van der Waals surface area contributed by atoms with Crippen molar-refractivity contribution in [2.75, 3.05) is 13.2 Å². The van der Waals surface area contributed by atoms with Crippen molar-refractivity contribution in [2.24, 2.45) is 0 Å². The molecule has 0 aliphatic carbocycles. The van der Waals surface area contributed by atoms with Gasteiger partial charge in [0.25, 0.3) is 0 Å². The fourth-order valence-corrected chi connectivity index (χ4v) is 2.34. The quantitative estimate of drug-likeness (QED) is 0.723. The van der Waals surface area contributed by atoms with Gasteiger partial charge in [-0.3, -0.25) is 0 Å². The first kappa shape index (κ1) is 15.1. The van der Waals surface area contributed by atoms with E-state index >= 15 is 0 Å². The van der Waals surface area contributed by atoms with Crippen molar-refractivity contribution in [2.45, 2.75) is 31.5 Å². The molecule has 0 aliphatic heterocycles. The van der Waals surface area contributed by atoms with E-state index in [-0.39, 0.29) is 24.2 Å². The number of hydrogen-bond donors (Lipinski definition) is 2. The van der Waals surface area contributed by atoms with E-state index in [0.29, 0.717) is 12.2 Å². The van der Waals surface area contributed by atoms with E-state index in [0.717, 1.165) is 0 Å². The van der Waals surface area contributed by atoms with Crippen molar-refractivity contribution in [3.63, 3.8) is 0 Å². The lowest BCUT2D eigenvalue weighted by atomic mass is 10.2. The van der Waals surface area contributed by atoms with Gasteiger partial charge in [0.2, 0.25) is 10.0 Å². The van der Waals surface area contributed by atoms with Gasteiger partial charge in [-0.2, -0.15) is 0 Å². The van der Waals surface area contributed by atoms with E-state index in [9.17, 15) is 8.42 Å². The van der Waals surface area contributed by atoms with Crippen molar-refractivity contribution in [3.05, 3.63) is 29.8 Å². The molecule has 0 spiro atoms. The van der Waals surface area contributed by atoms with Gasteiger partial charge in [0.05, 0.1) is 24.2 Å². The Morgan fingerprint density at radius 2 is 1.89 bits per heavy atom. The van der Waals surface area contributed by atoms with Crippen LogP contribution >= 0.6 is 0 Å². The Morgan fingerprint density at radius 1 is 1.28 bits per heavy atom. The average Bonchev–Trinajstić information content (AvgIpc) is 2.34. The lowest BCUT2D eigenvalue weighted by Crippen LogP contribution is -2.28. The van der Waals surface area contributed by atoms with E-state index in [1.54, 1.807) is 12.1 Å². The lowest BCUT2D eigenvalue weighted by Gasteiger charge is -2.09. The van der Waals surface area contributed by atoms with Crippen LogP contribution in [0.2, 0.25) is 0 Å². The molecule has 1 aromatic rings. The lowest BCUT2D eigenvalue weighted by molar-refractivity contribution is 0.0834. The summed E-state index contributed by atoms with van der Waals surface area (Å²) in [6.07, 6.45) is 0.0818. The number of aliphatic hydroxyl groups excluding tert-OH is 1. The third-order valence-corrected chi connectivity index (χ3v) is 3.74. The molecule has 0 aliphatic rings. The predicted molar refractivity (Wildman–Crippen MR) is 68.6 cm³/mol. The highest BCUT2D eigenvalue weighted by molar-refractivity contribution is 7.89. The highest BCUT2D eigenvalue weighted by atomic mass is 32.2. The Balaban J connectivity index is 2.57. The van der Waals surface area contributed by atoms with Gasteiger partial charge < -0.3 is 9.84 Å². The maximum absolute atomic E-state index is 11.8. The van der Waals surface area contributed by atoms with Crippen molar-refractivity contribution >= 4 is 10.0 Å². The molecule has 0 saturated carbocycles. The minimum Gasteiger partial charge on any atom is -0.392 e. The van der Waals surface area contributed by atoms with E-state index in [2.05, 4.69) is 4.72 Å². The summed E-state index contributed by atoms with van der Waals surface area (Å²) in [5, 5.41) is 8.87. The van der Waals surface area contributed by atoms with Crippen molar-refractivity contribution < 1.29 is 18.3 Å². The van der Waals surface area contributed by atoms with Gasteiger partial charge in [0.1, 0.15) is 0 Å². The van der Waals surface area contributed by atoms with E-state index in [1.165, 1.54) is 12.1 Å². The third-order valence-electron chi connectivity index (χ3n) is 2.26. The van der Waals surface area contributed by atoms with Crippen LogP contribution in [0.4, 0.5) is 0 Å². The first-order valence-electron chi connectivity index (χ1n) is 5.77. The van der Waals surface area contributed by atoms with Crippen LogP contribution in [0, 0.1) is 0 Å². The van der Waals surface area contributed by atoms with Gasteiger partial charge in [-0.15, -0.1) is 0 Å². The van der Waals surface area contributed by atoms with Gasteiger partial charge in [-0.25, -0.2) is 13.1 Å². The molecule has 0 unspecified atom stereocenters. The second-order valence-electron chi connectivity index (χ2n) is 4.12. The van der Waals surface area contributed by atoms with E-state index in [1.807, 2.05) is 13.8 Å². The Kier molecular flexibility index (Phi) is 5.74. The molecule has 0 amide bonds. The Morgan fingerprint density at radius 3 is 2.39 bits per heavy atom. The smallest absolute Gasteiger partial charge is 0.240 e. The highest BCUT2D eigenvalue weighted by Crippen LogP contribution is 2.10. The molecule has 0 fully saturated rings. The van der Waals surface area contributed by atoms with Crippen LogP contribution in [-0.2, 0) is 21.4 Å². The Labute approximate surface area is 108 Å². The highest BCUT2D eigenvalue weighted by Gasteiger charge is 2.12. The van der Waals surface area contributed by atoms with Gasteiger partial charge in [-0.1, -0.05) is 12.1 Å². The van der Waals surface area contributed by atoms with Crippen LogP contribution in [0.3, 0.4) is 0 Å². The fourth-order valence-electron chi connectivity index (χ4n) is 1.33. The largest absolute Gasteiger partial charge is 0.392 e. The van der Waals surface area contributed by atoms with Crippen LogP contribution in [0.5, 0.6) is 0 Å². The van der Waals surface area contributed by atoms with Gasteiger partial charge >= 0.3 is 0 Å². The van der Waals surface area contributed by atoms with Crippen LogP contribution in [-0.4, -0.2) is 32.8 Å². The van der Waals surface area contributed by atoms with Crippen LogP contribution in [0.15, 0.2) is 29.2 Å². The number of sulfonamides is 1. The zero-order valence-corrected chi connectivity index (χ0v) is 11.4. The van der Waals surface area contributed by atoms with Crippen LogP contribution < -0.4 is 4.72 Å². The monoisotopic (exact) mass is 273 g/mol. The normalized spacial score (nSPS) is 12.0. The molecule has 0 saturated heterocycles. The van der Waals surface area contributed by atoms with Crippen LogP contribution in [0.25, 0.3) is 0 Å². The average molecular weight is 273 g/mol. The van der Waals surface area contributed by atoms with E-state index in [4.69, 9.17) is 9.84 Å². The summed E-state index contributed by atoms with van der Waals surface area (Å²) in [4.78, 5) is 0.184. The summed E-state index contributed by atoms with van der Waals surface area (Å²) in [6.45, 7) is 4.26. The first-order chi connectivity index (χ1) is 8.45. The van der Waals surface area contributed by atoms with Gasteiger partial charge in [0, 0.05) is 6.54 Å². The SMILES string of the molecule is CC(C)OCCNS(=O)(=O)c1ccc(CO)cc1. The predicted octanol–water partition coefficient (Wildman–Crippen LogP) is 0.882. The molecule has 0 radical (unpaired) electrons. The molecule has 0 bridgehead atoms. The summed E-state index contributed by atoms with van der Waals surface area (Å²) in [7, 11) is -3.49. The number of rotatable bonds is 7. The summed E-state index contributed by atoms with van der Waals surface area (Å²) in [5.74, 6) is 0. The number of benzene rings is 1. The van der Waals surface area contributed by atoms with Gasteiger partial charge in [0.15, 0.2) is 0 Å². The minimum atomic E-state index is -3.49. The third kappa shape index (κ3) is 4.73. The number of hydrogen-bond acceptors (Lipinski definition) is 4. The Hall–Kier alpha value is -0.950. The van der Waals surface area contributed by atoms with Crippen LogP contribution in [0.1, 0.15) is 19.4 Å². The van der Waals surface area contributed by atoms with Crippen molar-refractivity contribution in [3.8, 4) is 0 Å². The number of ether oxygens (including phenoxy) is 1. The minimum absolute atomic E-state index is 0.0818. The van der Waals surface area contributed by atoms with Crippen molar-refractivity contribution in [1.82, 2.24) is 4.72 Å². The van der Waals surface area contributed by atoms with E-state index < -0.39 is 10.0 Å². The number of nitrogens with one attached hydrogen (secondary N) is 1. The second-order valence-corrected chi connectivity index (χ2v) is 5.89. The molecule has 0 aromatic heterocycles. The molecular weight excluding hydrogens is 254 g/mol. The summed E-state index contributed by atoms with van der Waals surface area (Å²) in [6, 6.07) is 6.10. The maximum Gasteiger partial charge on any atom is 0.240 e. The molecule has 0 heterocycles. The molecule has 102 valence electrons.